The minimum absolute atomic E-state index is 0.0703. The van der Waals surface area contributed by atoms with E-state index in [-0.39, 0.29) is 67.5 Å². The molecule has 0 N–H and O–H groups in total. The van der Waals surface area contributed by atoms with Gasteiger partial charge in [0.1, 0.15) is 0 Å². The molecule has 0 amide bonds. The predicted octanol–water partition coefficient (Wildman–Crippen LogP) is 29.8. The summed E-state index contributed by atoms with van der Waals surface area (Å²) in [6, 6.07) is 40.3. The Labute approximate surface area is 616 Å². The number of benzene rings is 7. The summed E-state index contributed by atoms with van der Waals surface area (Å²) in [5, 5.41) is 0. The van der Waals surface area contributed by atoms with Gasteiger partial charge in [-0.2, -0.15) is 0 Å². The molecular weight excluding hydrogens is 1180 g/mol. The molecule has 0 spiro atoms. The van der Waals surface area contributed by atoms with Crippen LogP contribution in [0.5, 0.6) is 0 Å². The van der Waals surface area contributed by atoms with E-state index in [0.717, 1.165) is 24.7 Å². The second-order valence-electron chi connectivity index (χ2n) is 38.0. The predicted molar refractivity (Wildman–Crippen MR) is 447 cm³/mol. The van der Waals surface area contributed by atoms with E-state index >= 15 is 0 Å². The largest absolute Gasteiger partial charge is 0.0626 e. The van der Waals surface area contributed by atoms with E-state index in [0.29, 0.717) is 23.0 Å². The molecule has 0 bridgehead atoms. The third-order valence-electron chi connectivity index (χ3n) is 18.0. The summed E-state index contributed by atoms with van der Waals surface area (Å²) in [6.45, 7) is 89.4. The van der Waals surface area contributed by atoms with Crippen LogP contribution in [-0.2, 0) is 69.0 Å². The van der Waals surface area contributed by atoms with Crippen molar-refractivity contribution in [2.24, 2.45) is 11.8 Å². The summed E-state index contributed by atoms with van der Waals surface area (Å²) in [7, 11) is 0. The van der Waals surface area contributed by atoms with Gasteiger partial charge in [0.05, 0.1) is 5.48 Å². The Kier molecular flexibility index (Phi) is 32.3. The highest BCUT2D eigenvalue weighted by molar-refractivity contribution is 5.46. The van der Waals surface area contributed by atoms with Crippen molar-refractivity contribution in [2.45, 2.75) is 358 Å². The molecule has 0 heteroatoms. The molecule has 0 aliphatic rings. The van der Waals surface area contributed by atoms with Gasteiger partial charge in [0.25, 0.3) is 0 Å². The fraction of sp³-hybridized carbons (Fsp3) is 0.571. The average Bonchev–Trinajstić information content (AvgIpc) is 0.786. The molecule has 0 saturated heterocycles. The van der Waals surface area contributed by atoms with Crippen LogP contribution in [0.1, 0.15) is 364 Å². The molecule has 0 heterocycles. The summed E-state index contributed by atoms with van der Waals surface area (Å²) >= 11 is 0. The van der Waals surface area contributed by atoms with Crippen molar-refractivity contribution in [1.82, 2.24) is 0 Å². The summed E-state index contributed by atoms with van der Waals surface area (Å²) in [6.07, 6.45) is 4.66. The normalized spacial score (nSPS) is 12.8. The Balaban J connectivity index is 0.000000597. The Morgan fingerprint density at radius 1 is 0.296 bits per heavy atom. The van der Waals surface area contributed by atoms with Gasteiger partial charge in [0.15, 0.2) is 0 Å². The highest BCUT2D eigenvalue weighted by atomic mass is 14.3. The molecule has 0 fully saturated rings. The fourth-order valence-electron chi connectivity index (χ4n) is 14.4. The van der Waals surface area contributed by atoms with E-state index in [1.165, 1.54) is 85.2 Å². The van der Waals surface area contributed by atoms with Crippen LogP contribution in [0.15, 0.2) is 133 Å². The van der Waals surface area contributed by atoms with Crippen LogP contribution in [0, 0.1) is 53.4 Å². The Bertz CT molecular complexity index is 3520. The quantitative estimate of drug-likeness (QED) is 0.142. The number of rotatable bonds is 8. The van der Waals surface area contributed by atoms with E-state index in [4.69, 9.17) is 5.48 Å². The van der Waals surface area contributed by atoms with Gasteiger partial charge in [0, 0.05) is 0 Å². The minimum atomic E-state index is -0.263. The summed E-state index contributed by atoms with van der Waals surface area (Å²) in [5.41, 5.74) is 29.6. The van der Waals surface area contributed by atoms with Crippen LogP contribution in [0.3, 0.4) is 0 Å². The first-order valence-electron chi connectivity index (χ1n) is 39.8. The van der Waals surface area contributed by atoms with Crippen LogP contribution < -0.4 is 0 Å². The highest BCUT2D eigenvalue weighted by Crippen LogP contribution is 2.38. The Hall–Kier alpha value is -5.46. The van der Waals surface area contributed by atoms with Crippen LogP contribution in [-0.4, -0.2) is 0 Å². The maximum atomic E-state index is 7.84. The number of hydrogen-bond donors (Lipinski definition) is 0. The number of hydrogen-bond acceptors (Lipinski definition) is 0. The molecule has 0 atom stereocenters. The summed E-state index contributed by atoms with van der Waals surface area (Å²) < 4.78 is 30.7. The van der Waals surface area contributed by atoms with Gasteiger partial charge in [-0.25, -0.2) is 0 Å². The summed E-state index contributed by atoms with van der Waals surface area (Å²) in [5.74, 6) is 2.65. The molecule has 0 radical (unpaired) electrons. The molecule has 0 aromatic heterocycles. The molecule has 0 saturated carbocycles. The van der Waals surface area contributed by atoms with E-state index in [1.54, 1.807) is 34.7 Å². The zero-order valence-electron chi connectivity index (χ0n) is 75.5. The molecule has 98 heavy (non-hydrogen) atoms. The van der Waals surface area contributed by atoms with Crippen molar-refractivity contribution in [3.8, 4) is 0 Å². The monoisotopic (exact) mass is 1340 g/mol. The maximum Gasteiger partial charge on any atom is 0.0626 e. The van der Waals surface area contributed by atoms with Crippen molar-refractivity contribution in [2.75, 3.05) is 0 Å². The molecular formula is C98H154. The van der Waals surface area contributed by atoms with Gasteiger partial charge >= 0.3 is 0 Å². The van der Waals surface area contributed by atoms with Crippen LogP contribution >= 0.6 is 0 Å². The van der Waals surface area contributed by atoms with E-state index in [9.17, 15) is 0 Å². The average molecular weight is 1340 g/mol. The smallest absolute Gasteiger partial charge is 0.0625 e. The van der Waals surface area contributed by atoms with Crippen LogP contribution in [0.25, 0.3) is 0 Å². The molecule has 7 aromatic carbocycles. The summed E-state index contributed by atoms with van der Waals surface area (Å²) in [4.78, 5) is 0. The lowest BCUT2D eigenvalue weighted by molar-refractivity contribution is 0.548. The molecule has 0 nitrogen and oxygen atoms in total. The van der Waals surface area contributed by atoms with Gasteiger partial charge in [0.2, 0.25) is 0 Å². The van der Waals surface area contributed by atoms with Crippen molar-refractivity contribution >= 4 is 0 Å². The molecule has 0 aliphatic heterocycles. The van der Waals surface area contributed by atoms with Crippen molar-refractivity contribution in [3.05, 3.63) is 245 Å². The Morgan fingerprint density at radius 3 is 0.857 bits per heavy atom. The molecule has 0 aliphatic carbocycles. The molecule has 546 valence electrons. The lowest BCUT2D eigenvalue weighted by atomic mass is 9.75. The fourth-order valence-corrected chi connectivity index (χ4v) is 14.4. The lowest BCUT2D eigenvalue weighted by Gasteiger charge is -2.29. The first kappa shape index (κ1) is 83.2. The lowest BCUT2D eigenvalue weighted by Crippen LogP contribution is -2.19. The highest BCUT2D eigenvalue weighted by Gasteiger charge is 2.26. The van der Waals surface area contributed by atoms with Gasteiger partial charge < -0.3 is 0 Å². The standard InChI is InChI=1S/C18H30.C16H26.2C14H22.C13H20.C12H18.C11H16/c1-13(2)11-15-9-8-10-16(12-14(3)4)17(15)18(5,6)7;1-11(2)13-9-8-10-14(12(3)4)15(13)16(5,6)7;1-13(2,3)11-7-9-12(10-8-11)14(4,5)6;1-6-11-9-8-10-12(7-2)13(11)14(3,4)5;1-9-7-10(2)12(11(3)8-9)13(4,5)6;1-9-7-6-8-10(2)11(9)12(3,4)5;1-9-7-5-6-8-10(9)11(2,3)4/h8-10,13-14H,11-12H2,1-7H3;8-12H,1-7H3;7-10H,1-6H3;8-10H,6-7H2,1-5H3;7-8H,1-6H3;6-8H,1-5H3;5-8H,1-4H3/i;;;;;;5D,6D,7D,8D. The zero-order chi connectivity index (χ0) is 79.7. The molecule has 0 unspecified atom stereocenters. The van der Waals surface area contributed by atoms with Crippen molar-refractivity contribution in [3.63, 3.8) is 0 Å². The van der Waals surface area contributed by atoms with Gasteiger partial charge in [-0.15, -0.1) is 0 Å². The first-order valence-corrected chi connectivity index (χ1v) is 37.8. The second-order valence-corrected chi connectivity index (χ2v) is 38.0. The van der Waals surface area contributed by atoms with Gasteiger partial charge in [-0.3, -0.25) is 0 Å². The second kappa shape index (κ2) is 38.0. The van der Waals surface area contributed by atoms with Crippen LogP contribution in [0.4, 0.5) is 0 Å². The third kappa shape index (κ3) is 30.0. The Morgan fingerprint density at radius 2 is 0.582 bits per heavy atom. The first-order chi connectivity index (χ1) is 46.1. The van der Waals surface area contributed by atoms with Crippen LogP contribution in [0.2, 0.25) is 0 Å². The van der Waals surface area contributed by atoms with Gasteiger partial charge in [-0.05, 0) is 240 Å². The topological polar surface area (TPSA) is 0 Å². The third-order valence-corrected chi connectivity index (χ3v) is 18.0. The van der Waals surface area contributed by atoms with E-state index in [2.05, 4.69) is 358 Å². The molecule has 7 rings (SSSR count). The maximum absolute atomic E-state index is 7.84. The van der Waals surface area contributed by atoms with Crippen molar-refractivity contribution < 1.29 is 5.48 Å². The van der Waals surface area contributed by atoms with Crippen molar-refractivity contribution in [1.29, 1.82) is 0 Å². The van der Waals surface area contributed by atoms with Gasteiger partial charge in [-0.1, -0.05) is 374 Å². The molecule has 7 aromatic rings. The SMILES string of the molecule is CC(C)(C)c1ccc(C(C)(C)C)cc1.CC(C)Cc1cccc(CC(C)C)c1C(C)(C)C.CC(C)c1cccc(C(C)C)c1C(C)(C)C.CCc1cccc(CC)c1C(C)(C)C.Cc1cc(C)c(C(C)(C)C)c(C)c1.Cc1cccc(C)c1C(C)(C)C.[2H]c1c([2H])c([2H])c(C(C)(C)C)c(C)c1[2H]. The van der Waals surface area contributed by atoms with E-state index < -0.39 is 0 Å². The number of aryl methyl sites for hydroxylation is 7. The minimum Gasteiger partial charge on any atom is -0.0625 e. The van der Waals surface area contributed by atoms with E-state index in [1.807, 2.05) is 20.8 Å². The zero-order valence-corrected chi connectivity index (χ0v) is 71.5.